The number of pyridine rings is 2. The van der Waals surface area contributed by atoms with Gasteiger partial charge < -0.3 is 4.74 Å². The van der Waals surface area contributed by atoms with Crippen molar-refractivity contribution in [3.63, 3.8) is 0 Å². The predicted molar refractivity (Wildman–Crippen MR) is 80.9 cm³/mol. The first-order valence-corrected chi connectivity index (χ1v) is 7.65. The third kappa shape index (κ3) is 3.20. The molecule has 4 heteroatoms. The Bertz CT molecular complexity index is 654. The highest BCUT2D eigenvalue weighted by atomic mass is 16.5. The van der Waals surface area contributed by atoms with Crippen LogP contribution in [0.4, 0.5) is 0 Å². The number of ether oxygens (including phenoxy) is 1. The summed E-state index contributed by atoms with van der Waals surface area (Å²) in [6.45, 7) is 2.31. The van der Waals surface area contributed by atoms with Crippen molar-refractivity contribution in [1.29, 1.82) is 0 Å². The largest absolute Gasteiger partial charge is 0.466 e. The van der Waals surface area contributed by atoms with Gasteiger partial charge in [-0.3, -0.25) is 4.79 Å². The van der Waals surface area contributed by atoms with Gasteiger partial charge in [0.05, 0.1) is 6.61 Å². The Kier molecular flexibility index (Phi) is 4.13. The highest BCUT2D eigenvalue weighted by Gasteiger charge is 2.21. The van der Waals surface area contributed by atoms with E-state index in [2.05, 4.69) is 17.1 Å². The van der Waals surface area contributed by atoms with Gasteiger partial charge in [-0.25, -0.2) is 9.97 Å². The normalized spacial score (nSPS) is 17.5. The van der Waals surface area contributed by atoms with E-state index in [0.29, 0.717) is 18.9 Å². The van der Waals surface area contributed by atoms with E-state index < -0.39 is 0 Å². The number of aryl methyl sites for hydroxylation is 1. The number of hydrogen-bond acceptors (Lipinski definition) is 4. The van der Waals surface area contributed by atoms with Crippen molar-refractivity contribution in [2.45, 2.75) is 39.0 Å². The topological polar surface area (TPSA) is 52.1 Å². The Hall–Kier alpha value is -1.97. The molecule has 4 nitrogen and oxygen atoms in total. The van der Waals surface area contributed by atoms with Gasteiger partial charge in [0.15, 0.2) is 5.65 Å². The summed E-state index contributed by atoms with van der Waals surface area (Å²) in [7, 11) is 0. The van der Waals surface area contributed by atoms with E-state index in [4.69, 9.17) is 9.72 Å². The minimum Gasteiger partial charge on any atom is -0.466 e. The molecule has 0 radical (unpaired) electrons. The molecule has 0 bridgehead atoms. The van der Waals surface area contributed by atoms with Crippen LogP contribution in [0.3, 0.4) is 0 Å². The van der Waals surface area contributed by atoms with Gasteiger partial charge in [-0.05, 0) is 62.3 Å². The molecule has 21 heavy (non-hydrogen) atoms. The highest BCUT2D eigenvalue weighted by Crippen LogP contribution is 2.29. The zero-order valence-electron chi connectivity index (χ0n) is 12.3. The van der Waals surface area contributed by atoms with E-state index in [1.165, 1.54) is 5.56 Å². The zero-order valence-corrected chi connectivity index (χ0v) is 12.3. The molecule has 1 aliphatic rings. The maximum atomic E-state index is 11.5. The molecule has 0 saturated carbocycles. The van der Waals surface area contributed by atoms with Crippen molar-refractivity contribution in [2.24, 2.45) is 5.92 Å². The summed E-state index contributed by atoms with van der Waals surface area (Å²) in [5, 5.41) is 1.11. The van der Waals surface area contributed by atoms with Crippen LogP contribution in [0.5, 0.6) is 0 Å². The summed E-state index contributed by atoms with van der Waals surface area (Å²) in [5.41, 5.74) is 3.31. The maximum Gasteiger partial charge on any atom is 0.305 e. The number of esters is 1. The Morgan fingerprint density at radius 3 is 3.24 bits per heavy atom. The molecular weight excluding hydrogens is 264 g/mol. The molecule has 1 unspecified atom stereocenters. The second-order valence-electron chi connectivity index (χ2n) is 5.60. The summed E-state index contributed by atoms with van der Waals surface area (Å²) in [4.78, 5) is 20.5. The molecule has 0 N–H and O–H groups in total. The first kappa shape index (κ1) is 14.0. The second-order valence-corrected chi connectivity index (χ2v) is 5.60. The first-order chi connectivity index (χ1) is 10.3. The van der Waals surface area contributed by atoms with Crippen LogP contribution in [0, 0.1) is 5.92 Å². The third-order valence-corrected chi connectivity index (χ3v) is 4.12. The molecule has 0 amide bonds. The molecule has 0 aromatic carbocycles. The second kappa shape index (κ2) is 6.20. The lowest BCUT2D eigenvalue weighted by atomic mass is 9.84. The number of aromatic nitrogens is 2. The zero-order chi connectivity index (χ0) is 14.7. The van der Waals surface area contributed by atoms with Crippen LogP contribution in [0.2, 0.25) is 0 Å². The molecule has 0 saturated heterocycles. The van der Waals surface area contributed by atoms with Crippen molar-refractivity contribution in [2.75, 3.05) is 6.61 Å². The van der Waals surface area contributed by atoms with Crippen molar-refractivity contribution in [3.05, 3.63) is 35.7 Å². The van der Waals surface area contributed by atoms with E-state index in [1.54, 1.807) is 6.20 Å². The lowest BCUT2D eigenvalue weighted by molar-refractivity contribution is -0.143. The Morgan fingerprint density at radius 2 is 2.38 bits per heavy atom. The van der Waals surface area contributed by atoms with Gasteiger partial charge in [-0.1, -0.05) is 0 Å². The summed E-state index contributed by atoms with van der Waals surface area (Å²) in [5.74, 6) is 0.437. The molecule has 3 rings (SSSR count). The fourth-order valence-corrected chi connectivity index (χ4v) is 3.02. The van der Waals surface area contributed by atoms with Crippen LogP contribution < -0.4 is 0 Å². The fourth-order valence-electron chi connectivity index (χ4n) is 3.02. The van der Waals surface area contributed by atoms with E-state index in [9.17, 15) is 4.79 Å². The van der Waals surface area contributed by atoms with Crippen LogP contribution in [-0.4, -0.2) is 22.5 Å². The number of carbonyl (C=O) groups excluding carboxylic acids is 1. The Morgan fingerprint density at radius 1 is 1.48 bits per heavy atom. The SMILES string of the molecule is CCOC(=O)CCC1CCc2cc3cccnc3nc2C1. The van der Waals surface area contributed by atoms with Gasteiger partial charge >= 0.3 is 5.97 Å². The number of nitrogens with zero attached hydrogens (tertiary/aromatic N) is 2. The minimum atomic E-state index is -0.0866. The lowest BCUT2D eigenvalue weighted by Gasteiger charge is -2.23. The standard InChI is InChI=1S/C17H20N2O2/c1-2-21-16(20)8-6-12-5-7-13-11-14-4-3-9-18-17(14)19-15(13)10-12/h3-4,9,11-12H,2,5-8,10H2,1H3. The van der Waals surface area contributed by atoms with Crippen molar-refractivity contribution in [1.82, 2.24) is 9.97 Å². The van der Waals surface area contributed by atoms with Crippen molar-refractivity contribution in [3.8, 4) is 0 Å². The molecule has 0 aliphatic heterocycles. The molecule has 110 valence electrons. The van der Waals surface area contributed by atoms with Crippen molar-refractivity contribution < 1.29 is 9.53 Å². The number of fused-ring (bicyclic) bond motifs is 2. The van der Waals surface area contributed by atoms with Crippen molar-refractivity contribution >= 4 is 17.0 Å². The lowest BCUT2D eigenvalue weighted by Crippen LogP contribution is -2.17. The minimum absolute atomic E-state index is 0.0866. The quantitative estimate of drug-likeness (QED) is 0.810. The van der Waals surface area contributed by atoms with Gasteiger partial charge in [-0.2, -0.15) is 0 Å². The first-order valence-electron chi connectivity index (χ1n) is 7.65. The fraction of sp³-hybridized carbons (Fsp3) is 0.471. The average Bonchev–Trinajstić information content (AvgIpc) is 2.51. The summed E-state index contributed by atoms with van der Waals surface area (Å²) >= 11 is 0. The average molecular weight is 284 g/mol. The van der Waals surface area contributed by atoms with Crippen LogP contribution in [0.25, 0.3) is 11.0 Å². The van der Waals surface area contributed by atoms with E-state index in [-0.39, 0.29) is 5.97 Å². The molecule has 0 fully saturated rings. The summed E-state index contributed by atoms with van der Waals surface area (Å²) in [6.07, 6.45) is 6.30. The number of hydrogen-bond donors (Lipinski definition) is 0. The predicted octanol–water partition coefficient (Wildman–Crippen LogP) is 3.08. The number of carbonyl (C=O) groups is 1. The monoisotopic (exact) mass is 284 g/mol. The summed E-state index contributed by atoms with van der Waals surface area (Å²) < 4.78 is 5.00. The Labute approximate surface area is 124 Å². The Balaban J connectivity index is 1.70. The molecule has 1 atom stereocenters. The van der Waals surface area contributed by atoms with Crippen LogP contribution in [-0.2, 0) is 22.4 Å². The van der Waals surface area contributed by atoms with E-state index >= 15 is 0 Å². The molecule has 0 spiro atoms. The third-order valence-electron chi connectivity index (χ3n) is 4.12. The van der Waals surface area contributed by atoms with Gasteiger partial charge in [0, 0.05) is 23.7 Å². The molecule has 2 aromatic heterocycles. The molecule has 2 aromatic rings. The van der Waals surface area contributed by atoms with Crippen LogP contribution >= 0.6 is 0 Å². The van der Waals surface area contributed by atoms with Gasteiger partial charge in [-0.15, -0.1) is 0 Å². The van der Waals surface area contributed by atoms with Crippen LogP contribution in [0.15, 0.2) is 24.4 Å². The maximum absolute atomic E-state index is 11.5. The van der Waals surface area contributed by atoms with E-state index in [1.807, 2.05) is 13.0 Å². The smallest absolute Gasteiger partial charge is 0.305 e. The molecular formula is C17H20N2O2. The van der Waals surface area contributed by atoms with E-state index in [0.717, 1.165) is 42.4 Å². The molecule has 1 aliphatic carbocycles. The van der Waals surface area contributed by atoms with Gasteiger partial charge in [0.2, 0.25) is 0 Å². The van der Waals surface area contributed by atoms with Gasteiger partial charge in [0.1, 0.15) is 0 Å². The van der Waals surface area contributed by atoms with Gasteiger partial charge in [0.25, 0.3) is 0 Å². The summed E-state index contributed by atoms with van der Waals surface area (Å²) in [6, 6.07) is 6.22. The number of rotatable bonds is 4. The highest BCUT2D eigenvalue weighted by molar-refractivity contribution is 5.75. The van der Waals surface area contributed by atoms with Crippen LogP contribution in [0.1, 0.15) is 37.4 Å². The molecule has 2 heterocycles.